The maximum absolute atomic E-state index is 12.6. The van der Waals surface area contributed by atoms with Crippen molar-refractivity contribution in [3.63, 3.8) is 0 Å². The molecule has 1 amide bonds. The molecule has 2 aromatic heterocycles. The number of hydrogen-bond acceptors (Lipinski definition) is 7. The van der Waals surface area contributed by atoms with Crippen LogP contribution in [0.15, 0.2) is 46.4 Å². The number of nitrogens with one attached hydrogen (secondary N) is 1. The number of anilines is 1. The fraction of sp³-hybridized carbons (Fsp3) is 0.238. The third kappa shape index (κ3) is 4.12. The summed E-state index contributed by atoms with van der Waals surface area (Å²) in [5.41, 5.74) is 1.67. The van der Waals surface area contributed by atoms with E-state index in [1.165, 1.54) is 17.6 Å². The van der Waals surface area contributed by atoms with Crippen LogP contribution in [0.5, 0.6) is 11.5 Å². The Hall–Kier alpha value is -3.26. The maximum Gasteiger partial charge on any atom is 0.341 e. The Labute approximate surface area is 171 Å². The second kappa shape index (κ2) is 8.40. The Morgan fingerprint density at radius 2 is 2.00 bits per heavy atom. The summed E-state index contributed by atoms with van der Waals surface area (Å²) in [6.45, 7) is 2.96. The van der Waals surface area contributed by atoms with Crippen LogP contribution < -0.4 is 14.8 Å². The van der Waals surface area contributed by atoms with Gasteiger partial charge >= 0.3 is 5.97 Å². The van der Waals surface area contributed by atoms with Gasteiger partial charge in [-0.2, -0.15) is 0 Å². The molecule has 4 rings (SSSR count). The van der Waals surface area contributed by atoms with E-state index >= 15 is 0 Å². The Balaban J connectivity index is 1.54. The fourth-order valence-corrected chi connectivity index (χ4v) is 3.98. The molecule has 1 aliphatic heterocycles. The van der Waals surface area contributed by atoms with Gasteiger partial charge in [-0.3, -0.25) is 4.79 Å². The van der Waals surface area contributed by atoms with Gasteiger partial charge in [0.2, 0.25) is 5.91 Å². The summed E-state index contributed by atoms with van der Waals surface area (Å²) < 4.78 is 21.6. The average Bonchev–Trinajstić information content (AvgIpc) is 3.37. The zero-order valence-electron chi connectivity index (χ0n) is 15.7. The molecule has 150 valence electrons. The van der Waals surface area contributed by atoms with Gasteiger partial charge in [0.15, 0.2) is 11.5 Å². The Morgan fingerprint density at radius 3 is 2.76 bits per heavy atom. The topological polar surface area (TPSA) is 87.0 Å². The van der Waals surface area contributed by atoms with E-state index in [0.717, 1.165) is 5.56 Å². The number of carbonyl (C=O) groups is 2. The number of hydrogen-bond donors (Lipinski definition) is 1. The molecule has 0 saturated heterocycles. The largest absolute Gasteiger partial charge is 0.486 e. The fourth-order valence-electron chi connectivity index (χ4n) is 3.02. The van der Waals surface area contributed by atoms with Gasteiger partial charge in [0.1, 0.15) is 29.5 Å². The number of ether oxygens (including phenoxy) is 3. The highest BCUT2D eigenvalue weighted by Gasteiger charge is 2.24. The summed E-state index contributed by atoms with van der Waals surface area (Å²) in [6, 6.07) is 8.90. The molecule has 0 radical (unpaired) electrons. The van der Waals surface area contributed by atoms with Gasteiger partial charge in [-0.05, 0) is 36.8 Å². The molecule has 0 spiro atoms. The Kier molecular flexibility index (Phi) is 5.53. The highest BCUT2D eigenvalue weighted by atomic mass is 32.1. The molecule has 1 aromatic carbocycles. The molecule has 0 bridgehead atoms. The second-order valence-electron chi connectivity index (χ2n) is 6.25. The van der Waals surface area contributed by atoms with Crippen LogP contribution in [0.4, 0.5) is 5.00 Å². The molecule has 0 aliphatic carbocycles. The van der Waals surface area contributed by atoms with Crippen molar-refractivity contribution in [3.05, 3.63) is 53.1 Å². The number of esters is 1. The van der Waals surface area contributed by atoms with Crippen molar-refractivity contribution in [1.29, 1.82) is 0 Å². The van der Waals surface area contributed by atoms with Crippen LogP contribution in [0, 0.1) is 0 Å². The predicted molar refractivity (Wildman–Crippen MR) is 108 cm³/mol. The highest BCUT2D eigenvalue weighted by Crippen LogP contribution is 2.37. The van der Waals surface area contributed by atoms with E-state index in [1.54, 1.807) is 36.6 Å². The molecule has 3 heterocycles. The minimum absolute atomic E-state index is 0.132. The van der Waals surface area contributed by atoms with Crippen LogP contribution in [-0.4, -0.2) is 31.7 Å². The highest BCUT2D eigenvalue weighted by molar-refractivity contribution is 7.15. The first kappa shape index (κ1) is 19.1. The van der Waals surface area contributed by atoms with E-state index in [4.69, 9.17) is 18.6 Å². The molecule has 0 saturated carbocycles. The summed E-state index contributed by atoms with van der Waals surface area (Å²) in [4.78, 5) is 25.1. The van der Waals surface area contributed by atoms with Gasteiger partial charge in [0.25, 0.3) is 0 Å². The summed E-state index contributed by atoms with van der Waals surface area (Å²) in [6.07, 6.45) is 1.66. The average molecular weight is 413 g/mol. The van der Waals surface area contributed by atoms with Gasteiger partial charge < -0.3 is 23.9 Å². The van der Waals surface area contributed by atoms with Crippen LogP contribution >= 0.6 is 11.3 Å². The van der Waals surface area contributed by atoms with Crippen LogP contribution in [0.3, 0.4) is 0 Å². The molecule has 0 fully saturated rings. The normalized spacial score (nSPS) is 12.4. The van der Waals surface area contributed by atoms with Gasteiger partial charge in [0, 0.05) is 10.9 Å². The van der Waals surface area contributed by atoms with Crippen LogP contribution in [0.1, 0.15) is 22.8 Å². The first-order valence-electron chi connectivity index (χ1n) is 9.16. The summed E-state index contributed by atoms with van der Waals surface area (Å²) in [7, 11) is 0. The number of fused-ring (bicyclic) bond motifs is 1. The molecule has 8 heteroatoms. The zero-order chi connectivity index (χ0) is 20.2. The minimum Gasteiger partial charge on any atom is -0.486 e. The number of furan rings is 1. The number of benzene rings is 1. The standard InChI is InChI=1S/C21H19NO6S/c1-2-25-21(24)19-14(15-4-3-7-26-15)12-29-20(19)22-18(23)11-13-5-6-16-17(10-13)28-9-8-27-16/h3-7,10,12H,2,8-9,11H2,1H3,(H,22,23). The van der Waals surface area contributed by atoms with E-state index in [1.807, 2.05) is 6.07 Å². The summed E-state index contributed by atoms with van der Waals surface area (Å²) in [5.74, 6) is 1.09. The lowest BCUT2D eigenvalue weighted by atomic mass is 10.1. The second-order valence-corrected chi connectivity index (χ2v) is 7.13. The predicted octanol–water partition coefficient (Wildman–Crippen LogP) is 4.14. The number of thiophene rings is 1. The van der Waals surface area contributed by atoms with Crippen LogP contribution in [-0.2, 0) is 16.0 Å². The van der Waals surface area contributed by atoms with E-state index in [0.29, 0.717) is 46.6 Å². The summed E-state index contributed by atoms with van der Waals surface area (Å²) in [5, 5.41) is 5.02. The van der Waals surface area contributed by atoms with E-state index in [9.17, 15) is 9.59 Å². The molecule has 0 unspecified atom stereocenters. The Bertz CT molecular complexity index is 1020. The first-order chi connectivity index (χ1) is 14.2. The lowest BCUT2D eigenvalue weighted by molar-refractivity contribution is -0.115. The molecule has 3 aromatic rings. The van der Waals surface area contributed by atoms with E-state index in [2.05, 4.69) is 5.32 Å². The third-order valence-electron chi connectivity index (χ3n) is 4.28. The van der Waals surface area contributed by atoms with Gasteiger partial charge in [-0.25, -0.2) is 4.79 Å². The lowest BCUT2D eigenvalue weighted by Gasteiger charge is -2.18. The molecule has 1 N–H and O–H groups in total. The zero-order valence-corrected chi connectivity index (χ0v) is 16.5. The quantitative estimate of drug-likeness (QED) is 0.611. The summed E-state index contributed by atoms with van der Waals surface area (Å²) >= 11 is 1.25. The molecule has 29 heavy (non-hydrogen) atoms. The van der Waals surface area contributed by atoms with Crippen molar-refractivity contribution in [1.82, 2.24) is 0 Å². The smallest absolute Gasteiger partial charge is 0.341 e. The Morgan fingerprint density at radius 1 is 1.17 bits per heavy atom. The van der Waals surface area contributed by atoms with Crippen molar-refractivity contribution in [2.45, 2.75) is 13.3 Å². The molecular formula is C21H19NO6S. The van der Waals surface area contributed by atoms with Crippen molar-refractivity contribution in [2.75, 3.05) is 25.1 Å². The van der Waals surface area contributed by atoms with Crippen molar-refractivity contribution in [3.8, 4) is 22.8 Å². The minimum atomic E-state index is -0.505. The van der Waals surface area contributed by atoms with E-state index in [-0.39, 0.29) is 18.9 Å². The van der Waals surface area contributed by atoms with Crippen molar-refractivity contribution >= 4 is 28.2 Å². The van der Waals surface area contributed by atoms with Gasteiger partial charge in [-0.15, -0.1) is 11.3 Å². The van der Waals surface area contributed by atoms with Crippen LogP contribution in [0.2, 0.25) is 0 Å². The maximum atomic E-state index is 12.6. The molecule has 1 aliphatic rings. The lowest BCUT2D eigenvalue weighted by Crippen LogP contribution is -2.18. The number of amides is 1. The van der Waals surface area contributed by atoms with Crippen molar-refractivity contribution < 1.29 is 28.2 Å². The van der Waals surface area contributed by atoms with Gasteiger partial charge in [0.05, 0.1) is 19.3 Å². The van der Waals surface area contributed by atoms with Crippen LogP contribution in [0.25, 0.3) is 11.3 Å². The van der Waals surface area contributed by atoms with Crippen molar-refractivity contribution in [2.24, 2.45) is 0 Å². The van der Waals surface area contributed by atoms with Gasteiger partial charge in [-0.1, -0.05) is 6.07 Å². The van der Waals surface area contributed by atoms with E-state index < -0.39 is 5.97 Å². The first-order valence-corrected chi connectivity index (χ1v) is 10.0. The monoisotopic (exact) mass is 413 g/mol. The third-order valence-corrected chi connectivity index (χ3v) is 5.18. The molecular weight excluding hydrogens is 394 g/mol. The molecule has 7 nitrogen and oxygen atoms in total. The number of rotatable bonds is 6. The number of carbonyl (C=O) groups excluding carboxylic acids is 2. The SMILES string of the molecule is CCOC(=O)c1c(-c2ccco2)csc1NC(=O)Cc1ccc2c(c1)OCCO2. The molecule has 0 atom stereocenters.